The van der Waals surface area contributed by atoms with E-state index in [-0.39, 0.29) is 0 Å². The lowest BCUT2D eigenvalue weighted by Gasteiger charge is -2.42. The van der Waals surface area contributed by atoms with Crippen LogP contribution in [-0.4, -0.2) is 60.6 Å². The van der Waals surface area contributed by atoms with Gasteiger partial charge < -0.3 is 4.90 Å². The van der Waals surface area contributed by atoms with Gasteiger partial charge in [0.15, 0.2) is 0 Å². The van der Waals surface area contributed by atoms with Crippen LogP contribution in [0.1, 0.15) is 34.1 Å². The number of nitrogens with zero attached hydrogens (tertiary/aromatic N) is 3. The first kappa shape index (κ1) is 15.4. The van der Waals surface area contributed by atoms with Crippen LogP contribution in [0, 0.1) is 11.3 Å². The van der Waals surface area contributed by atoms with E-state index in [0.29, 0.717) is 12.1 Å². The van der Waals surface area contributed by atoms with E-state index in [2.05, 4.69) is 49.0 Å². The van der Waals surface area contributed by atoms with Crippen molar-refractivity contribution in [2.45, 2.75) is 51.7 Å². The summed E-state index contributed by atoms with van der Waals surface area (Å²) < 4.78 is 0. The molecule has 0 radical (unpaired) electrons. The van der Waals surface area contributed by atoms with Crippen molar-refractivity contribution in [1.29, 1.82) is 5.26 Å². The van der Waals surface area contributed by atoms with Crippen LogP contribution in [0.3, 0.4) is 0 Å². The summed E-state index contributed by atoms with van der Waals surface area (Å²) in [7, 11) is 2.19. The van der Waals surface area contributed by atoms with E-state index in [1.54, 1.807) is 0 Å². The van der Waals surface area contributed by atoms with E-state index in [1.807, 2.05) is 6.92 Å². The number of rotatable bonds is 5. The second-order valence-electron chi connectivity index (χ2n) is 5.85. The van der Waals surface area contributed by atoms with Crippen LogP contribution in [0.5, 0.6) is 0 Å². The molecule has 1 saturated heterocycles. The van der Waals surface area contributed by atoms with Gasteiger partial charge in [-0.3, -0.25) is 10.2 Å². The second kappa shape index (κ2) is 6.51. The Kier molecular flexibility index (Phi) is 5.58. The van der Waals surface area contributed by atoms with Gasteiger partial charge in [0.25, 0.3) is 0 Å². The molecule has 0 bridgehead atoms. The van der Waals surface area contributed by atoms with Crippen molar-refractivity contribution in [1.82, 2.24) is 15.1 Å². The maximum atomic E-state index is 9.32. The van der Waals surface area contributed by atoms with Gasteiger partial charge in [0.05, 0.1) is 6.07 Å². The average molecular weight is 252 g/mol. The molecule has 104 valence electrons. The topological polar surface area (TPSA) is 42.3 Å². The van der Waals surface area contributed by atoms with Gasteiger partial charge in [0, 0.05) is 31.7 Å². The zero-order chi connectivity index (χ0) is 13.8. The summed E-state index contributed by atoms with van der Waals surface area (Å²) in [6.45, 7) is 12.7. The fourth-order valence-electron chi connectivity index (χ4n) is 2.74. The first-order chi connectivity index (χ1) is 8.41. The fourth-order valence-corrected chi connectivity index (χ4v) is 2.74. The lowest BCUT2D eigenvalue weighted by atomic mass is 9.93. The van der Waals surface area contributed by atoms with Crippen molar-refractivity contribution in [2.24, 2.45) is 0 Å². The van der Waals surface area contributed by atoms with Crippen LogP contribution in [0.25, 0.3) is 0 Å². The van der Waals surface area contributed by atoms with Gasteiger partial charge in [-0.1, -0.05) is 6.92 Å². The van der Waals surface area contributed by atoms with E-state index in [4.69, 9.17) is 0 Å². The van der Waals surface area contributed by atoms with Crippen molar-refractivity contribution >= 4 is 0 Å². The van der Waals surface area contributed by atoms with Crippen LogP contribution in [0.4, 0.5) is 0 Å². The summed E-state index contributed by atoms with van der Waals surface area (Å²) >= 11 is 0. The Morgan fingerprint density at radius 2 is 2.17 bits per heavy atom. The molecule has 0 saturated carbocycles. The average Bonchev–Trinajstić information content (AvgIpc) is 2.32. The molecule has 18 heavy (non-hydrogen) atoms. The summed E-state index contributed by atoms with van der Waals surface area (Å²) in [5.41, 5.74) is -0.402. The zero-order valence-electron chi connectivity index (χ0n) is 12.5. The van der Waals surface area contributed by atoms with Crippen LogP contribution < -0.4 is 5.32 Å². The summed E-state index contributed by atoms with van der Waals surface area (Å²) in [4.78, 5) is 4.91. The number of nitriles is 1. The predicted octanol–water partition coefficient (Wildman–Crippen LogP) is 1.29. The minimum Gasteiger partial charge on any atom is -0.301 e. The highest BCUT2D eigenvalue weighted by Crippen LogP contribution is 2.18. The van der Waals surface area contributed by atoms with E-state index in [1.165, 1.54) is 0 Å². The van der Waals surface area contributed by atoms with Crippen molar-refractivity contribution < 1.29 is 0 Å². The minimum absolute atomic E-state index is 0.402. The Morgan fingerprint density at radius 1 is 1.50 bits per heavy atom. The third kappa shape index (κ3) is 3.94. The number of hydrogen-bond acceptors (Lipinski definition) is 4. The molecule has 4 heteroatoms. The molecule has 1 heterocycles. The van der Waals surface area contributed by atoms with E-state index in [9.17, 15) is 5.26 Å². The molecule has 1 aliphatic heterocycles. The van der Waals surface area contributed by atoms with Gasteiger partial charge >= 0.3 is 0 Å². The lowest BCUT2D eigenvalue weighted by molar-refractivity contribution is 0.0681. The number of hydrogen-bond donors (Lipinski definition) is 1. The Bertz CT molecular complexity index is 299. The third-order valence-corrected chi connectivity index (χ3v) is 4.13. The minimum atomic E-state index is -0.402. The molecule has 0 aromatic heterocycles. The normalized spacial score (nSPS) is 27.4. The first-order valence-electron chi connectivity index (χ1n) is 7.02. The van der Waals surface area contributed by atoms with Crippen molar-refractivity contribution in [3.05, 3.63) is 0 Å². The molecule has 0 aromatic carbocycles. The Morgan fingerprint density at radius 3 is 2.67 bits per heavy atom. The maximum absolute atomic E-state index is 9.32. The summed E-state index contributed by atoms with van der Waals surface area (Å²) in [6.07, 6.45) is 0.883. The highest BCUT2D eigenvalue weighted by atomic mass is 15.3. The molecular formula is C14H28N4. The SMILES string of the molecule is CCNC(C)(C#N)CC(C)N1CCN(C)C(C)C1. The molecular weight excluding hydrogens is 224 g/mol. The number of piperazine rings is 1. The van der Waals surface area contributed by atoms with Gasteiger partial charge in [-0.05, 0) is 40.8 Å². The largest absolute Gasteiger partial charge is 0.301 e. The summed E-state index contributed by atoms with van der Waals surface area (Å²) in [5, 5.41) is 12.6. The van der Waals surface area contributed by atoms with Gasteiger partial charge in [0.2, 0.25) is 0 Å². The third-order valence-electron chi connectivity index (χ3n) is 4.13. The fraction of sp³-hybridized carbons (Fsp3) is 0.929. The Labute approximate surface area is 112 Å². The highest BCUT2D eigenvalue weighted by molar-refractivity contribution is 5.05. The molecule has 0 aliphatic carbocycles. The van der Waals surface area contributed by atoms with Crippen molar-refractivity contribution in [3.8, 4) is 6.07 Å². The quantitative estimate of drug-likeness (QED) is 0.801. The van der Waals surface area contributed by atoms with Crippen molar-refractivity contribution in [2.75, 3.05) is 33.2 Å². The predicted molar refractivity (Wildman–Crippen MR) is 75.4 cm³/mol. The number of nitrogens with one attached hydrogen (secondary N) is 1. The van der Waals surface area contributed by atoms with Crippen molar-refractivity contribution in [3.63, 3.8) is 0 Å². The smallest absolute Gasteiger partial charge is 0.105 e. The molecule has 0 spiro atoms. The van der Waals surface area contributed by atoms with E-state index >= 15 is 0 Å². The summed E-state index contributed by atoms with van der Waals surface area (Å²) in [5.74, 6) is 0. The van der Waals surface area contributed by atoms with Gasteiger partial charge in [0.1, 0.15) is 5.54 Å². The first-order valence-corrected chi connectivity index (χ1v) is 7.02. The van der Waals surface area contributed by atoms with E-state index in [0.717, 1.165) is 32.6 Å². The zero-order valence-corrected chi connectivity index (χ0v) is 12.5. The maximum Gasteiger partial charge on any atom is 0.105 e. The lowest BCUT2D eigenvalue weighted by Crippen LogP contribution is -2.55. The second-order valence-corrected chi connectivity index (χ2v) is 5.85. The highest BCUT2D eigenvalue weighted by Gasteiger charge is 2.30. The molecule has 3 unspecified atom stereocenters. The molecule has 1 N–H and O–H groups in total. The molecule has 0 aromatic rings. The van der Waals surface area contributed by atoms with E-state index < -0.39 is 5.54 Å². The van der Waals surface area contributed by atoms with Crippen LogP contribution in [0.15, 0.2) is 0 Å². The molecule has 4 nitrogen and oxygen atoms in total. The molecule has 1 aliphatic rings. The standard InChI is InChI=1S/C14H28N4/c1-6-16-14(4,11-15)9-12(2)18-8-7-17(5)13(3)10-18/h12-13,16H,6-10H2,1-5H3. The summed E-state index contributed by atoms with van der Waals surface area (Å²) in [6, 6.07) is 3.48. The van der Waals surface area contributed by atoms with Gasteiger partial charge in [-0.2, -0.15) is 5.26 Å². The Balaban J connectivity index is 2.55. The van der Waals surface area contributed by atoms with Crippen LogP contribution in [-0.2, 0) is 0 Å². The van der Waals surface area contributed by atoms with Crippen LogP contribution >= 0.6 is 0 Å². The molecule has 0 amide bonds. The van der Waals surface area contributed by atoms with Gasteiger partial charge in [-0.25, -0.2) is 0 Å². The van der Waals surface area contributed by atoms with Gasteiger partial charge in [-0.15, -0.1) is 0 Å². The molecule has 1 fully saturated rings. The number of likely N-dealkylation sites (N-methyl/N-ethyl adjacent to an activating group) is 1. The van der Waals surface area contributed by atoms with Crippen LogP contribution in [0.2, 0.25) is 0 Å². The molecule has 3 atom stereocenters. The molecule has 1 rings (SSSR count). The Hall–Kier alpha value is -0.630. The monoisotopic (exact) mass is 252 g/mol.